The molecule has 2 aromatic rings. The molecule has 0 radical (unpaired) electrons. The summed E-state index contributed by atoms with van der Waals surface area (Å²) in [6, 6.07) is 5.86. The Kier molecular flexibility index (Phi) is 4.59. The molecule has 0 spiro atoms. The van der Waals surface area contributed by atoms with E-state index in [9.17, 15) is 9.59 Å². The third-order valence-corrected chi connectivity index (χ3v) is 4.20. The third-order valence-electron chi connectivity index (χ3n) is 4.20. The highest BCUT2D eigenvalue weighted by molar-refractivity contribution is 5.97. The van der Waals surface area contributed by atoms with Crippen LogP contribution in [-0.2, 0) is 6.42 Å². The lowest BCUT2D eigenvalue weighted by molar-refractivity contribution is 0.0597. The highest BCUT2D eigenvalue weighted by Gasteiger charge is 2.32. The molecule has 1 unspecified atom stereocenters. The van der Waals surface area contributed by atoms with Gasteiger partial charge in [-0.15, -0.1) is 0 Å². The lowest BCUT2D eigenvalue weighted by Gasteiger charge is -2.33. The minimum atomic E-state index is -1.05. The summed E-state index contributed by atoms with van der Waals surface area (Å²) >= 11 is 0. The molecular formula is C17H19N3O4. The second-order valence-corrected chi connectivity index (χ2v) is 5.80. The fourth-order valence-electron chi connectivity index (χ4n) is 2.94. The first kappa shape index (κ1) is 16.2. The maximum absolute atomic E-state index is 12.9. The van der Waals surface area contributed by atoms with Gasteiger partial charge in [0, 0.05) is 18.5 Å². The van der Waals surface area contributed by atoms with Crippen molar-refractivity contribution in [3.05, 3.63) is 47.1 Å². The van der Waals surface area contributed by atoms with Crippen LogP contribution in [0.3, 0.4) is 0 Å². The van der Waals surface area contributed by atoms with E-state index in [2.05, 4.69) is 10.1 Å². The zero-order chi connectivity index (χ0) is 17.1. The van der Waals surface area contributed by atoms with Gasteiger partial charge in [-0.25, -0.2) is 4.79 Å². The van der Waals surface area contributed by atoms with Gasteiger partial charge in [-0.05, 0) is 37.5 Å². The van der Waals surface area contributed by atoms with E-state index in [0.717, 1.165) is 19.3 Å². The van der Waals surface area contributed by atoms with Crippen LogP contribution >= 0.6 is 0 Å². The third kappa shape index (κ3) is 3.15. The molecule has 1 aliphatic heterocycles. The number of aromatic nitrogens is 2. The molecule has 2 heterocycles. The minimum absolute atomic E-state index is 0.0993. The summed E-state index contributed by atoms with van der Waals surface area (Å²) in [5.74, 6) is -0.179. The Bertz CT molecular complexity index is 756. The van der Waals surface area contributed by atoms with Gasteiger partial charge in [0.1, 0.15) is 0 Å². The number of carboxylic acid groups (broad SMARTS) is 1. The lowest BCUT2D eigenvalue weighted by Crippen LogP contribution is -2.39. The van der Waals surface area contributed by atoms with Crippen molar-refractivity contribution in [1.82, 2.24) is 15.0 Å². The van der Waals surface area contributed by atoms with Gasteiger partial charge in [-0.2, -0.15) is 4.98 Å². The molecule has 1 aromatic heterocycles. The molecule has 3 rings (SSSR count). The Balaban J connectivity index is 1.88. The van der Waals surface area contributed by atoms with E-state index in [4.69, 9.17) is 9.63 Å². The van der Waals surface area contributed by atoms with E-state index in [0.29, 0.717) is 30.2 Å². The van der Waals surface area contributed by atoms with Crippen LogP contribution in [0.2, 0.25) is 0 Å². The van der Waals surface area contributed by atoms with E-state index in [1.54, 1.807) is 17.0 Å². The van der Waals surface area contributed by atoms with Crippen molar-refractivity contribution in [2.24, 2.45) is 0 Å². The van der Waals surface area contributed by atoms with Gasteiger partial charge >= 0.3 is 5.97 Å². The highest BCUT2D eigenvalue weighted by Crippen LogP contribution is 2.30. The molecule has 1 aliphatic rings. The number of hydrogen-bond donors (Lipinski definition) is 1. The summed E-state index contributed by atoms with van der Waals surface area (Å²) in [7, 11) is 0. The number of benzene rings is 1. The predicted molar refractivity (Wildman–Crippen MR) is 84.7 cm³/mol. The molecule has 1 saturated heterocycles. The summed E-state index contributed by atoms with van der Waals surface area (Å²) in [6.07, 6.45) is 3.31. The number of aromatic carboxylic acids is 1. The lowest BCUT2D eigenvalue weighted by atomic mass is 9.99. The molecule has 1 N–H and O–H groups in total. The highest BCUT2D eigenvalue weighted by atomic mass is 16.5. The van der Waals surface area contributed by atoms with Crippen LogP contribution in [0.15, 0.2) is 28.8 Å². The van der Waals surface area contributed by atoms with Gasteiger partial charge in [0.05, 0.1) is 11.6 Å². The van der Waals surface area contributed by atoms with E-state index in [1.807, 2.05) is 6.92 Å². The maximum atomic E-state index is 12.9. The molecule has 0 saturated carbocycles. The average Bonchev–Trinajstić information content (AvgIpc) is 3.10. The molecule has 0 aliphatic carbocycles. The smallest absolute Gasteiger partial charge is 0.335 e. The Morgan fingerprint density at radius 1 is 1.33 bits per heavy atom. The zero-order valence-corrected chi connectivity index (χ0v) is 13.4. The van der Waals surface area contributed by atoms with E-state index >= 15 is 0 Å². The maximum Gasteiger partial charge on any atom is 0.335 e. The van der Waals surface area contributed by atoms with Gasteiger partial charge < -0.3 is 14.5 Å². The van der Waals surface area contributed by atoms with Gasteiger partial charge in [-0.3, -0.25) is 4.79 Å². The van der Waals surface area contributed by atoms with Gasteiger partial charge in [0.2, 0.25) is 5.89 Å². The average molecular weight is 329 g/mol. The molecule has 7 nitrogen and oxygen atoms in total. The number of likely N-dealkylation sites (tertiary alicyclic amines) is 1. The van der Waals surface area contributed by atoms with Gasteiger partial charge in [-0.1, -0.05) is 18.1 Å². The van der Waals surface area contributed by atoms with Crippen LogP contribution in [-0.4, -0.2) is 38.6 Å². The molecule has 126 valence electrons. The van der Waals surface area contributed by atoms with Crippen LogP contribution in [0.25, 0.3) is 0 Å². The number of nitrogens with zero attached hydrogens (tertiary/aromatic N) is 3. The largest absolute Gasteiger partial charge is 0.478 e. The normalized spacial score (nSPS) is 17.7. The fourth-order valence-corrected chi connectivity index (χ4v) is 2.94. The van der Waals surface area contributed by atoms with Crippen molar-refractivity contribution >= 4 is 11.9 Å². The van der Waals surface area contributed by atoms with Crippen LogP contribution in [0.1, 0.15) is 64.7 Å². The van der Waals surface area contributed by atoms with Crippen molar-refractivity contribution < 1.29 is 19.2 Å². The molecule has 1 aromatic carbocycles. The number of carbonyl (C=O) groups is 2. The molecule has 1 atom stereocenters. The first-order valence-electron chi connectivity index (χ1n) is 8.07. The van der Waals surface area contributed by atoms with Crippen molar-refractivity contribution in [2.45, 2.75) is 38.6 Å². The number of carbonyl (C=O) groups excluding carboxylic acids is 1. The minimum Gasteiger partial charge on any atom is -0.478 e. The van der Waals surface area contributed by atoms with Crippen LogP contribution in [0, 0.1) is 0 Å². The summed E-state index contributed by atoms with van der Waals surface area (Å²) in [6.45, 7) is 2.52. The fraction of sp³-hybridized carbons (Fsp3) is 0.412. The molecular weight excluding hydrogens is 310 g/mol. The molecule has 24 heavy (non-hydrogen) atoms. The summed E-state index contributed by atoms with van der Waals surface area (Å²) in [4.78, 5) is 30.1. The molecule has 1 amide bonds. The molecule has 7 heteroatoms. The first-order chi connectivity index (χ1) is 11.6. The van der Waals surface area contributed by atoms with Crippen LogP contribution in [0.4, 0.5) is 0 Å². The summed E-state index contributed by atoms with van der Waals surface area (Å²) in [5.41, 5.74) is 0.461. The Labute approximate surface area is 139 Å². The van der Waals surface area contributed by atoms with Crippen LogP contribution < -0.4 is 0 Å². The van der Waals surface area contributed by atoms with Crippen molar-refractivity contribution in [1.29, 1.82) is 0 Å². The number of aryl methyl sites for hydroxylation is 1. The second-order valence-electron chi connectivity index (χ2n) is 5.80. The predicted octanol–water partition coefficient (Wildman–Crippen LogP) is 2.70. The standard InChI is InChI=1S/C17H19N3O4/c1-2-14-18-15(19-24-14)13-8-3-4-9-20(13)16(21)11-6-5-7-12(10-11)17(22)23/h5-7,10,13H,2-4,8-9H2,1H3,(H,22,23). The van der Waals surface area contributed by atoms with Gasteiger partial charge in [0.25, 0.3) is 5.91 Å². The van der Waals surface area contributed by atoms with E-state index < -0.39 is 5.97 Å². The number of carboxylic acids is 1. The Hall–Kier alpha value is -2.70. The zero-order valence-electron chi connectivity index (χ0n) is 13.4. The second kappa shape index (κ2) is 6.82. The Morgan fingerprint density at radius 2 is 2.12 bits per heavy atom. The topological polar surface area (TPSA) is 96.5 Å². The van der Waals surface area contributed by atoms with E-state index in [-0.39, 0.29) is 17.5 Å². The molecule has 0 bridgehead atoms. The monoisotopic (exact) mass is 329 g/mol. The van der Waals surface area contributed by atoms with Gasteiger partial charge in [0.15, 0.2) is 5.82 Å². The number of piperidine rings is 1. The van der Waals surface area contributed by atoms with Crippen molar-refractivity contribution in [2.75, 3.05) is 6.54 Å². The number of hydrogen-bond acceptors (Lipinski definition) is 5. The molecule has 1 fully saturated rings. The summed E-state index contributed by atoms with van der Waals surface area (Å²) in [5, 5.41) is 13.1. The SMILES string of the molecule is CCc1nc(C2CCCCN2C(=O)c2cccc(C(=O)O)c2)no1. The van der Waals surface area contributed by atoms with E-state index in [1.165, 1.54) is 12.1 Å². The number of amides is 1. The Morgan fingerprint density at radius 3 is 2.83 bits per heavy atom. The van der Waals surface area contributed by atoms with Crippen molar-refractivity contribution in [3.63, 3.8) is 0 Å². The van der Waals surface area contributed by atoms with Crippen LogP contribution in [0.5, 0.6) is 0 Å². The summed E-state index contributed by atoms with van der Waals surface area (Å²) < 4.78 is 5.17. The quantitative estimate of drug-likeness (QED) is 0.926. The number of rotatable bonds is 4. The first-order valence-corrected chi connectivity index (χ1v) is 8.07. The van der Waals surface area contributed by atoms with Crippen molar-refractivity contribution in [3.8, 4) is 0 Å².